The van der Waals surface area contributed by atoms with Crippen LogP contribution in [0.2, 0.25) is 5.02 Å². The highest BCUT2D eigenvalue weighted by Gasteiger charge is 2.19. The Bertz CT molecular complexity index is 1040. The van der Waals surface area contributed by atoms with Crippen molar-refractivity contribution in [1.29, 1.82) is 0 Å². The molecular formula is C18H17ClN2O3S. The minimum atomic E-state index is -3.76. The van der Waals surface area contributed by atoms with Crippen LogP contribution in [0, 0.1) is 20.8 Å². The highest BCUT2D eigenvalue weighted by atomic mass is 35.5. The van der Waals surface area contributed by atoms with Gasteiger partial charge in [-0.15, -0.1) is 0 Å². The quantitative estimate of drug-likeness (QED) is 0.715. The minimum absolute atomic E-state index is 0.188. The van der Waals surface area contributed by atoms with E-state index in [1.165, 1.54) is 0 Å². The van der Waals surface area contributed by atoms with Crippen LogP contribution in [0.1, 0.15) is 16.8 Å². The number of rotatable bonds is 4. The third kappa shape index (κ3) is 3.70. The maximum atomic E-state index is 12.9. The van der Waals surface area contributed by atoms with E-state index >= 15 is 0 Å². The van der Waals surface area contributed by atoms with Crippen LogP contribution >= 0.6 is 11.6 Å². The van der Waals surface area contributed by atoms with E-state index in [2.05, 4.69) is 9.88 Å². The standard InChI is InChI=1S/C18H17ClN2O3S/c1-11-4-5-14(17-9-13(3)20-24-17)10-18(11)25(22,23)21-16-7-6-15(19)8-12(16)2/h4-10,21H,1-3H3. The summed E-state index contributed by atoms with van der Waals surface area (Å²) in [6.45, 7) is 5.35. The second-order valence-electron chi connectivity index (χ2n) is 5.88. The fourth-order valence-electron chi connectivity index (χ4n) is 2.48. The van der Waals surface area contributed by atoms with Gasteiger partial charge >= 0.3 is 0 Å². The second kappa shape index (κ2) is 6.54. The number of hydrogen-bond donors (Lipinski definition) is 1. The number of anilines is 1. The van der Waals surface area contributed by atoms with Crippen LogP contribution in [0.5, 0.6) is 0 Å². The lowest BCUT2D eigenvalue weighted by Crippen LogP contribution is -2.15. The summed E-state index contributed by atoms with van der Waals surface area (Å²) in [4.78, 5) is 0.188. The van der Waals surface area contributed by atoms with Crippen molar-refractivity contribution in [3.8, 4) is 11.3 Å². The smallest absolute Gasteiger partial charge is 0.262 e. The van der Waals surface area contributed by atoms with E-state index in [0.717, 1.165) is 11.3 Å². The average Bonchev–Trinajstić information content (AvgIpc) is 2.97. The van der Waals surface area contributed by atoms with Crippen molar-refractivity contribution < 1.29 is 12.9 Å². The molecule has 1 aromatic heterocycles. The van der Waals surface area contributed by atoms with Crippen LogP contribution in [0.3, 0.4) is 0 Å². The Kier molecular flexibility index (Phi) is 4.58. The van der Waals surface area contributed by atoms with E-state index in [1.807, 2.05) is 13.0 Å². The molecule has 0 saturated heterocycles. The van der Waals surface area contributed by atoms with Crippen LogP contribution in [0.4, 0.5) is 5.69 Å². The van der Waals surface area contributed by atoms with Crippen molar-refractivity contribution in [2.45, 2.75) is 25.7 Å². The number of halogens is 1. The number of hydrogen-bond acceptors (Lipinski definition) is 4. The van der Waals surface area contributed by atoms with Gasteiger partial charge in [0.15, 0.2) is 5.76 Å². The summed E-state index contributed by atoms with van der Waals surface area (Å²) < 4.78 is 33.6. The number of nitrogens with zero attached hydrogens (tertiary/aromatic N) is 1. The Morgan fingerprint density at radius 1 is 1.00 bits per heavy atom. The zero-order valence-electron chi connectivity index (χ0n) is 14.0. The van der Waals surface area contributed by atoms with E-state index < -0.39 is 10.0 Å². The van der Waals surface area contributed by atoms with Crippen LogP contribution in [-0.4, -0.2) is 13.6 Å². The Hall–Kier alpha value is -2.31. The Balaban J connectivity index is 2.01. The number of benzene rings is 2. The Morgan fingerprint density at radius 3 is 2.40 bits per heavy atom. The molecule has 0 bridgehead atoms. The summed E-state index contributed by atoms with van der Waals surface area (Å²) in [5.41, 5.74) is 3.26. The third-order valence-electron chi connectivity index (χ3n) is 3.82. The third-order valence-corrected chi connectivity index (χ3v) is 5.57. The maximum Gasteiger partial charge on any atom is 0.262 e. The predicted octanol–water partition coefficient (Wildman–Crippen LogP) is 4.72. The zero-order chi connectivity index (χ0) is 18.2. The number of aryl methyl sites for hydroxylation is 3. The minimum Gasteiger partial charge on any atom is -0.356 e. The molecule has 2 aromatic carbocycles. The molecule has 0 unspecified atom stereocenters. The molecule has 0 atom stereocenters. The van der Waals surface area contributed by atoms with Crippen LogP contribution in [0.25, 0.3) is 11.3 Å². The molecule has 0 fully saturated rings. The fourth-order valence-corrected chi connectivity index (χ4v) is 4.11. The molecule has 0 amide bonds. The van der Waals surface area contributed by atoms with Gasteiger partial charge in [0.1, 0.15) is 0 Å². The van der Waals surface area contributed by atoms with Crippen molar-refractivity contribution in [1.82, 2.24) is 5.16 Å². The molecule has 0 aliphatic carbocycles. The molecule has 0 spiro atoms. The monoisotopic (exact) mass is 376 g/mol. The molecule has 0 aliphatic rings. The zero-order valence-corrected chi connectivity index (χ0v) is 15.6. The molecule has 25 heavy (non-hydrogen) atoms. The molecule has 7 heteroatoms. The van der Waals surface area contributed by atoms with E-state index in [1.54, 1.807) is 50.2 Å². The maximum absolute atomic E-state index is 12.9. The Labute approximate surface area is 151 Å². The van der Waals surface area contributed by atoms with Gasteiger partial charge in [-0.2, -0.15) is 0 Å². The summed E-state index contributed by atoms with van der Waals surface area (Å²) >= 11 is 5.93. The van der Waals surface area contributed by atoms with Gasteiger partial charge in [-0.1, -0.05) is 28.9 Å². The molecule has 0 saturated carbocycles. The lowest BCUT2D eigenvalue weighted by atomic mass is 10.1. The summed E-state index contributed by atoms with van der Waals surface area (Å²) in [5, 5.41) is 4.40. The first-order valence-corrected chi connectivity index (χ1v) is 9.46. The molecule has 1 heterocycles. The molecule has 0 radical (unpaired) electrons. The Morgan fingerprint density at radius 2 is 1.76 bits per heavy atom. The van der Waals surface area contributed by atoms with Crippen molar-refractivity contribution in [2.24, 2.45) is 0 Å². The second-order valence-corrected chi connectivity index (χ2v) is 7.96. The number of aromatic nitrogens is 1. The summed E-state index contributed by atoms with van der Waals surface area (Å²) in [5.74, 6) is 0.525. The molecule has 3 rings (SSSR count). The summed E-state index contributed by atoms with van der Waals surface area (Å²) in [6.07, 6.45) is 0. The first-order valence-electron chi connectivity index (χ1n) is 7.59. The number of nitrogens with one attached hydrogen (secondary N) is 1. The van der Waals surface area contributed by atoms with Crippen LogP contribution < -0.4 is 4.72 Å². The van der Waals surface area contributed by atoms with Gasteiger partial charge in [-0.05, 0) is 56.2 Å². The average molecular weight is 377 g/mol. The van der Waals surface area contributed by atoms with Gasteiger partial charge in [-0.3, -0.25) is 4.72 Å². The van der Waals surface area contributed by atoms with Crippen LogP contribution in [-0.2, 0) is 10.0 Å². The van der Waals surface area contributed by atoms with Crippen molar-refractivity contribution in [2.75, 3.05) is 4.72 Å². The molecular weight excluding hydrogens is 360 g/mol. The van der Waals surface area contributed by atoms with Gasteiger partial charge in [0.25, 0.3) is 10.0 Å². The molecule has 1 N–H and O–H groups in total. The first-order chi connectivity index (χ1) is 11.8. The van der Waals surface area contributed by atoms with Crippen molar-refractivity contribution in [3.05, 3.63) is 64.3 Å². The predicted molar refractivity (Wildman–Crippen MR) is 98.4 cm³/mol. The van der Waals surface area contributed by atoms with E-state index in [9.17, 15) is 8.42 Å². The first kappa shape index (κ1) is 17.5. The lowest BCUT2D eigenvalue weighted by Gasteiger charge is -2.13. The molecule has 5 nitrogen and oxygen atoms in total. The van der Waals surface area contributed by atoms with E-state index in [4.69, 9.17) is 16.1 Å². The highest BCUT2D eigenvalue weighted by Crippen LogP contribution is 2.28. The van der Waals surface area contributed by atoms with Crippen molar-refractivity contribution >= 4 is 27.3 Å². The van der Waals surface area contributed by atoms with E-state index in [0.29, 0.717) is 27.6 Å². The molecule has 0 aliphatic heterocycles. The summed E-state index contributed by atoms with van der Waals surface area (Å²) in [6, 6.07) is 11.9. The van der Waals surface area contributed by atoms with E-state index in [-0.39, 0.29) is 4.90 Å². The van der Waals surface area contributed by atoms with Crippen molar-refractivity contribution in [3.63, 3.8) is 0 Å². The molecule has 3 aromatic rings. The number of sulfonamides is 1. The normalized spacial score (nSPS) is 11.5. The van der Waals surface area contributed by atoms with Gasteiger partial charge in [0, 0.05) is 16.7 Å². The summed E-state index contributed by atoms with van der Waals surface area (Å²) in [7, 11) is -3.76. The highest BCUT2D eigenvalue weighted by molar-refractivity contribution is 7.92. The molecule has 130 valence electrons. The lowest BCUT2D eigenvalue weighted by molar-refractivity contribution is 0.427. The fraction of sp³-hybridized carbons (Fsp3) is 0.167. The SMILES string of the molecule is Cc1cc(-c2ccc(C)c(S(=O)(=O)Nc3ccc(Cl)cc3C)c2)on1. The van der Waals surface area contributed by atoms with Crippen LogP contribution in [0.15, 0.2) is 51.9 Å². The largest absolute Gasteiger partial charge is 0.356 e. The van der Waals surface area contributed by atoms with Gasteiger partial charge in [-0.25, -0.2) is 8.42 Å². The van der Waals surface area contributed by atoms with Gasteiger partial charge < -0.3 is 4.52 Å². The van der Waals surface area contributed by atoms with Gasteiger partial charge in [0.05, 0.1) is 16.3 Å². The topological polar surface area (TPSA) is 72.2 Å². The van der Waals surface area contributed by atoms with Gasteiger partial charge in [0.2, 0.25) is 0 Å².